The van der Waals surface area contributed by atoms with E-state index in [4.69, 9.17) is 0 Å². The Morgan fingerprint density at radius 2 is 1.65 bits per heavy atom. The lowest BCUT2D eigenvalue weighted by Crippen LogP contribution is -2.19. The predicted molar refractivity (Wildman–Crippen MR) is 90.4 cm³/mol. The number of aryl methyl sites for hydroxylation is 3. The molecule has 0 saturated carbocycles. The lowest BCUT2D eigenvalue weighted by molar-refractivity contribution is 0.589. The highest BCUT2D eigenvalue weighted by Gasteiger charge is 2.21. The summed E-state index contributed by atoms with van der Waals surface area (Å²) in [5.41, 5.74) is 2.81. The Balaban J connectivity index is 2.33. The molecule has 0 aliphatic heterocycles. The number of hydrogen-bond donors (Lipinski definition) is 0. The zero-order chi connectivity index (χ0) is 16.8. The molecule has 2 heterocycles. The van der Waals surface area contributed by atoms with Crippen LogP contribution >= 0.6 is 0 Å². The molecule has 0 unspecified atom stereocenters. The summed E-state index contributed by atoms with van der Waals surface area (Å²) in [6.07, 6.45) is 1.57. The van der Waals surface area contributed by atoms with Crippen molar-refractivity contribution in [2.45, 2.75) is 32.2 Å². The fourth-order valence-corrected chi connectivity index (χ4v) is 4.21. The van der Waals surface area contributed by atoms with Crippen molar-refractivity contribution in [1.82, 2.24) is 8.54 Å². The molecule has 0 aliphatic carbocycles. The average Bonchev–Trinajstić information content (AvgIpc) is 2.86. The molecule has 3 rings (SSSR count). The number of hydrogen-bond acceptors (Lipinski definition) is 3. The van der Waals surface area contributed by atoms with Crippen LogP contribution in [0.1, 0.15) is 18.1 Å². The number of pyridine rings is 1. The average molecular weight is 330 g/mol. The summed E-state index contributed by atoms with van der Waals surface area (Å²) in [4.78, 5) is 12.2. The van der Waals surface area contributed by atoms with Gasteiger partial charge in [0.2, 0.25) is 0 Å². The molecule has 0 atom stereocenters. The van der Waals surface area contributed by atoms with Crippen LogP contribution in [-0.2, 0) is 16.6 Å². The van der Waals surface area contributed by atoms with Gasteiger partial charge in [-0.3, -0.25) is 4.79 Å². The standard InChI is InChI=1S/C17H18N2O3S/c1-4-18-16(20)10-9-15-17(18)13(3)11-19(15)23(21,22)14-7-5-12(2)6-8-14/h5-11H,4H2,1-3H3. The number of benzene rings is 1. The van der Waals surface area contributed by atoms with Gasteiger partial charge in [0.05, 0.1) is 15.9 Å². The van der Waals surface area contributed by atoms with Crippen molar-refractivity contribution < 1.29 is 8.42 Å². The van der Waals surface area contributed by atoms with Gasteiger partial charge in [-0.1, -0.05) is 17.7 Å². The van der Waals surface area contributed by atoms with Gasteiger partial charge in [0, 0.05) is 18.8 Å². The highest BCUT2D eigenvalue weighted by atomic mass is 32.2. The Kier molecular flexibility index (Phi) is 3.64. The summed E-state index contributed by atoms with van der Waals surface area (Å²) >= 11 is 0. The summed E-state index contributed by atoms with van der Waals surface area (Å²) < 4.78 is 28.7. The van der Waals surface area contributed by atoms with Crippen LogP contribution in [-0.4, -0.2) is 17.0 Å². The van der Waals surface area contributed by atoms with Crippen molar-refractivity contribution in [2.24, 2.45) is 0 Å². The quantitative estimate of drug-likeness (QED) is 0.742. The highest BCUT2D eigenvalue weighted by Crippen LogP contribution is 2.24. The molecule has 0 amide bonds. The lowest BCUT2D eigenvalue weighted by Gasteiger charge is -2.09. The molecule has 1 aromatic carbocycles. The second kappa shape index (κ2) is 5.38. The Bertz CT molecular complexity index is 1040. The second-order valence-electron chi connectivity index (χ2n) is 5.58. The van der Waals surface area contributed by atoms with Gasteiger partial charge in [-0.05, 0) is 44.5 Å². The summed E-state index contributed by atoms with van der Waals surface area (Å²) in [7, 11) is -3.70. The number of nitrogens with zero attached hydrogens (tertiary/aromatic N) is 2. The molecule has 2 aromatic heterocycles. The fourth-order valence-electron chi connectivity index (χ4n) is 2.80. The van der Waals surface area contributed by atoms with E-state index in [1.165, 1.54) is 10.0 Å². The molecule has 0 bridgehead atoms. The Labute approximate surface area is 134 Å². The molecule has 3 aromatic rings. The van der Waals surface area contributed by atoms with Crippen molar-refractivity contribution in [3.63, 3.8) is 0 Å². The minimum atomic E-state index is -3.70. The smallest absolute Gasteiger partial charge is 0.268 e. The third-order valence-corrected chi connectivity index (χ3v) is 5.67. The molecule has 6 heteroatoms. The van der Waals surface area contributed by atoms with Crippen molar-refractivity contribution in [2.75, 3.05) is 0 Å². The van der Waals surface area contributed by atoms with Gasteiger partial charge < -0.3 is 4.57 Å². The van der Waals surface area contributed by atoms with E-state index in [-0.39, 0.29) is 10.5 Å². The van der Waals surface area contributed by atoms with E-state index in [0.717, 1.165) is 11.1 Å². The van der Waals surface area contributed by atoms with E-state index in [1.807, 2.05) is 20.8 Å². The van der Waals surface area contributed by atoms with E-state index in [2.05, 4.69) is 0 Å². The maximum atomic E-state index is 12.9. The summed E-state index contributed by atoms with van der Waals surface area (Å²) in [6.45, 7) is 6.08. The minimum absolute atomic E-state index is 0.131. The molecular weight excluding hydrogens is 312 g/mol. The van der Waals surface area contributed by atoms with Gasteiger partial charge in [0.1, 0.15) is 0 Å². The van der Waals surface area contributed by atoms with Crippen LogP contribution in [0.15, 0.2) is 52.3 Å². The number of aromatic nitrogens is 2. The molecule has 120 valence electrons. The first kappa shape index (κ1) is 15.6. The van der Waals surface area contributed by atoms with Gasteiger partial charge in [-0.25, -0.2) is 12.4 Å². The maximum absolute atomic E-state index is 12.9. The van der Waals surface area contributed by atoms with Gasteiger partial charge in [0.25, 0.3) is 15.6 Å². The molecule has 0 fully saturated rings. The van der Waals surface area contributed by atoms with Crippen molar-refractivity contribution >= 4 is 21.1 Å². The maximum Gasteiger partial charge on any atom is 0.268 e. The molecule has 0 spiro atoms. The van der Waals surface area contributed by atoms with Crippen molar-refractivity contribution in [3.05, 3.63) is 64.1 Å². The number of rotatable bonds is 3. The van der Waals surface area contributed by atoms with Gasteiger partial charge >= 0.3 is 0 Å². The predicted octanol–water partition coefficient (Wildman–Crippen LogP) is 2.68. The zero-order valence-electron chi connectivity index (χ0n) is 13.3. The Morgan fingerprint density at radius 3 is 2.26 bits per heavy atom. The third kappa shape index (κ3) is 2.39. The molecule has 0 saturated heterocycles. The Morgan fingerprint density at radius 1 is 1.00 bits per heavy atom. The topological polar surface area (TPSA) is 61.1 Å². The first-order chi connectivity index (χ1) is 10.9. The van der Waals surface area contributed by atoms with E-state index in [9.17, 15) is 13.2 Å². The minimum Gasteiger partial charge on any atom is -0.307 e. The molecule has 0 N–H and O–H groups in total. The third-order valence-electron chi connectivity index (χ3n) is 3.98. The van der Waals surface area contributed by atoms with Crippen molar-refractivity contribution in [3.8, 4) is 0 Å². The van der Waals surface area contributed by atoms with E-state index >= 15 is 0 Å². The summed E-state index contributed by atoms with van der Waals surface area (Å²) in [5, 5.41) is 0. The first-order valence-corrected chi connectivity index (χ1v) is 8.84. The van der Waals surface area contributed by atoms with Crippen LogP contribution in [0.4, 0.5) is 0 Å². The molecular formula is C17H18N2O3S. The van der Waals surface area contributed by atoms with Crippen LogP contribution in [0.5, 0.6) is 0 Å². The van der Waals surface area contributed by atoms with Gasteiger partial charge in [0.15, 0.2) is 0 Å². The SMILES string of the molecule is CCn1c(=O)ccc2c1c(C)cn2S(=O)(=O)c1ccc(C)cc1. The lowest BCUT2D eigenvalue weighted by atomic mass is 10.2. The summed E-state index contributed by atoms with van der Waals surface area (Å²) in [6, 6.07) is 9.72. The van der Waals surface area contributed by atoms with Gasteiger partial charge in [-0.2, -0.15) is 0 Å². The Hall–Kier alpha value is -2.34. The van der Waals surface area contributed by atoms with Crippen molar-refractivity contribution in [1.29, 1.82) is 0 Å². The van der Waals surface area contributed by atoms with E-state index < -0.39 is 10.0 Å². The van der Waals surface area contributed by atoms with E-state index in [0.29, 0.717) is 17.6 Å². The normalized spacial score (nSPS) is 12.0. The second-order valence-corrected chi connectivity index (χ2v) is 7.39. The molecule has 5 nitrogen and oxygen atoms in total. The van der Waals surface area contributed by atoms with Gasteiger partial charge in [-0.15, -0.1) is 0 Å². The first-order valence-electron chi connectivity index (χ1n) is 7.40. The van der Waals surface area contributed by atoms with E-state index in [1.54, 1.807) is 41.1 Å². The van der Waals surface area contributed by atoms with Crippen LogP contribution in [0.3, 0.4) is 0 Å². The molecule has 0 aliphatic rings. The highest BCUT2D eigenvalue weighted by molar-refractivity contribution is 7.90. The van der Waals surface area contributed by atoms with Crippen LogP contribution < -0.4 is 5.56 Å². The van der Waals surface area contributed by atoms with Crippen LogP contribution in [0.25, 0.3) is 11.0 Å². The summed E-state index contributed by atoms with van der Waals surface area (Å²) in [5.74, 6) is 0. The molecule has 0 radical (unpaired) electrons. The van der Waals surface area contributed by atoms with Crippen LogP contribution in [0, 0.1) is 13.8 Å². The molecule has 23 heavy (non-hydrogen) atoms. The largest absolute Gasteiger partial charge is 0.307 e. The number of fused-ring (bicyclic) bond motifs is 1. The van der Waals surface area contributed by atoms with Crippen LogP contribution in [0.2, 0.25) is 0 Å². The zero-order valence-corrected chi connectivity index (χ0v) is 14.1. The fraction of sp³-hybridized carbons (Fsp3) is 0.235. The monoisotopic (exact) mass is 330 g/mol.